The molecule has 2 aromatic carbocycles. The largest absolute Gasteiger partial charge is 0.459 e. The second-order valence-corrected chi connectivity index (χ2v) is 12.7. The van der Waals surface area contributed by atoms with Crippen LogP contribution >= 0.6 is 0 Å². The van der Waals surface area contributed by atoms with Gasteiger partial charge in [0.25, 0.3) is 0 Å². The van der Waals surface area contributed by atoms with E-state index in [9.17, 15) is 14.4 Å². The van der Waals surface area contributed by atoms with E-state index in [0.29, 0.717) is 12.8 Å². The number of alkyl carbamates (subject to hydrolysis) is 1. The predicted octanol–water partition coefficient (Wildman–Crippen LogP) is 6.86. The van der Waals surface area contributed by atoms with Crippen LogP contribution in [0.5, 0.6) is 0 Å². The van der Waals surface area contributed by atoms with E-state index in [0.717, 1.165) is 62.5 Å². The summed E-state index contributed by atoms with van der Waals surface area (Å²) in [7, 11) is 0. The van der Waals surface area contributed by atoms with Gasteiger partial charge in [0.05, 0.1) is 0 Å². The fourth-order valence-corrected chi connectivity index (χ4v) is 6.14. The van der Waals surface area contributed by atoms with Gasteiger partial charge in [-0.3, -0.25) is 4.79 Å². The average molecular weight is 564 g/mol. The van der Waals surface area contributed by atoms with E-state index < -0.39 is 34.9 Å². The van der Waals surface area contributed by atoms with Crippen LogP contribution in [0.4, 0.5) is 4.79 Å². The Kier molecular flexibility index (Phi) is 10.1. The van der Waals surface area contributed by atoms with E-state index in [1.807, 2.05) is 48.5 Å². The number of hydrogen-bond acceptors (Lipinski definition) is 6. The Bertz CT molecular complexity index is 1140. The van der Waals surface area contributed by atoms with Crippen molar-refractivity contribution < 1.29 is 28.6 Å². The minimum Gasteiger partial charge on any atom is -0.459 e. The normalized spacial score (nSPS) is 18.3. The molecule has 2 fully saturated rings. The molecule has 0 unspecified atom stereocenters. The summed E-state index contributed by atoms with van der Waals surface area (Å²) in [6.45, 7) is 5.29. The molecule has 2 saturated carbocycles. The molecule has 1 N–H and O–H groups in total. The van der Waals surface area contributed by atoms with Gasteiger partial charge in [-0.2, -0.15) is 0 Å². The molecule has 4 rings (SSSR count). The first-order valence-corrected chi connectivity index (χ1v) is 15.1. The van der Waals surface area contributed by atoms with Gasteiger partial charge < -0.3 is 19.5 Å². The molecule has 2 aliphatic carbocycles. The molecule has 41 heavy (non-hydrogen) atoms. The lowest BCUT2D eigenvalue weighted by atomic mass is 9.92. The number of carbonyl (C=O) groups is 3. The van der Waals surface area contributed by atoms with Crippen LogP contribution in [0.3, 0.4) is 0 Å². The van der Waals surface area contributed by atoms with Gasteiger partial charge in [0, 0.05) is 19.3 Å². The van der Waals surface area contributed by atoms with Crippen LogP contribution < -0.4 is 5.32 Å². The molecule has 0 saturated heterocycles. The molecule has 0 aliphatic heterocycles. The van der Waals surface area contributed by atoms with Gasteiger partial charge in [0.1, 0.15) is 22.8 Å². The zero-order chi connectivity index (χ0) is 29.3. The summed E-state index contributed by atoms with van der Waals surface area (Å²) < 4.78 is 17.7. The van der Waals surface area contributed by atoms with Crippen LogP contribution in [0.2, 0.25) is 0 Å². The maximum absolute atomic E-state index is 13.6. The van der Waals surface area contributed by atoms with Crippen molar-refractivity contribution in [2.45, 2.75) is 121 Å². The predicted molar refractivity (Wildman–Crippen MR) is 157 cm³/mol. The molecule has 1 atom stereocenters. The van der Waals surface area contributed by atoms with Crippen molar-refractivity contribution >= 4 is 18.0 Å². The highest BCUT2D eigenvalue weighted by Crippen LogP contribution is 2.38. The summed E-state index contributed by atoms with van der Waals surface area (Å²) in [5.74, 6) is -0.909. The number of esters is 2. The molecule has 0 spiro atoms. The van der Waals surface area contributed by atoms with E-state index >= 15 is 0 Å². The number of amides is 1. The summed E-state index contributed by atoms with van der Waals surface area (Å²) in [5, 5.41) is 2.68. The monoisotopic (exact) mass is 563 g/mol. The standard InChI is InChI=1S/C34H45NO6/c1-32(2,3)41-31(38)35-28(30(37)40-34(22-12-13-23-34)25-27-16-8-5-9-17-27)18-19-29(36)39-33(20-10-11-21-33)24-26-14-6-4-7-15-26/h4-9,14-17,28H,10-13,18-25H2,1-3H3,(H,35,38)/t28-/m1/s1. The molecular weight excluding hydrogens is 518 g/mol. The third-order valence-corrected chi connectivity index (χ3v) is 8.03. The van der Waals surface area contributed by atoms with Crippen LogP contribution in [0.1, 0.15) is 96.1 Å². The topological polar surface area (TPSA) is 90.9 Å². The molecule has 222 valence electrons. The van der Waals surface area contributed by atoms with Gasteiger partial charge in [-0.25, -0.2) is 9.59 Å². The van der Waals surface area contributed by atoms with Crippen molar-refractivity contribution in [2.75, 3.05) is 0 Å². The highest BCUT2D eigenvalue weighted by Gasteiger charge is 2.41. The minimum absolute atomic E-state index is 0.0161. The Morgan fingerprint density at radius 3 is 1.68 bits per heavy atom. The maximum Gasteiger partial charge on any atom is 0.408 e. The Morgan fingerprint density at radius 1 is 0.756 bits per heavy atom. The van der Waals surface area contributed by atoms with Gasteiger partial charge in [-0.1, -0.05) is 60.7 Å². The van der Waals surface area contributed by atoms with Gasteiger partial charge in [-0.05, 0) is 89.7 Å². The number of rotatable bonds is 11. The first kappa shape index (κ1) is 30.6. The van der Waals surface area contributed by atoms with E-state index in [4.69, 9.17) is 14.2 Å². The van der Waals surface area contributed by atoms with E-state index in [1.54, 1.807) is 20.8 Å². The average Bonchev–Trinajstić information content (AvgIpc) is 3.56. The second-order valence-electron chi connectivity index (χ2n) is 12.7. The SMILES string of the molecule is CC(C)(C)OC(=O)N[C@H](CCC(=O)OC1(Cc2ccccc2)CCCC1)C(=O)OC1(Cc2ccccc2)CCCC1. The van der Waals surface area contributed by atoms with Crippen molar-refractivity contribution in [1.82, 2.24) is 5.32 Å². The Balaban J connectivity index is 1.43. The van der Waals surface area contributed by atoms with Gasteiger partial charge in [0.15, 0.2) is 0 Å². The Morgan fingerprint density at radius 2 is 1.22 bits per heavy atom. The summed E-state index contributed by atoms with van der Waals surface area (Å²) in [6.07, 6.45) is 7.75. The molecule has 0 aromatic heterocycles. The maximum atomic E-state index is 13.6. The third kappa shape index (κ3) is 9.34. The lowest BCUT2D eigenvalue weighted by Crippen LogP contribution is -2.48. The van der Waals surface area contributed by atoms with Crippen LogP contribution in [-0.2, 0) is 36.6 Å². The minimum atomic E-state index is -1.03. The molecule has 1 amide bonds. The second kappa shape index (κ2) is 13.5. The van der Waals surface area contributed by atoms with Gasteiger partial charge in [0.2, 0.25) is 0 Å². The summed E-state index contributed by atoms with van der Waals surface area (Å²) in [4.78, 5) is 39.5. The first-order valence-electron chi connectivity index (χ1n) is 15.1. The molecule has 2 aliphatic rings. The molecular formula is C34H45NO6. The number of hydrogen-bond donors (Lipinski definition) is 1. The third-order valence-electron chi connectivity index (χ3n) is 8.03. The molecule has 0 radical (unpaired) electrons. The number of ether oxygens (including phenoxy) is 3. The zero-order valence-electron chi connectivity index (χ0n) is 24.8. The van der Waals surface area contributed by atoms with Gasteiger partial charge >= 0.3 is 18.0 Å². The lowest BCUT2D eigenvalue weighted by molar-refractivity contribution is -0.163. The smallest absolute Gasteiger partial charge is 0.408 e. The molecule has 7 nitrogen and oxygen atoms in total. The summed E-state index contributed by atoms with van der Waals surface area (Å²) >= 11 is 0. The highest BCUT2D eigenvalue weighted by atomic mass is 16.6. The Labute approximate surface area is 244 Å². The van der Waals surface area contributed by atoms with Crippen LogP contribution in [0.25, 0.3) is 0 Å². The van der Waals surface area contributed by atoms with Crippen LogP contribution in [0, 0.1) is 0 Å². The number of benzene rings is 2. The number of nitrogens with one attached hydrogen (secondary N) is 1. The highest BCUT2D eigenvalue weighted by molar-refractivity contribution is 5.82. The quantitative estimate of drug-likeness (QED) is 0.237. The van der Waals surface area contributed by atoms with Crippen LogP contribution in [-0.4, -0.2) is 40.9 Å². The molecule has 0 bridgehead atoms. The molecule has 0 heterocycles. The van der Waals surface area contributed by atoms with Crippen molar-refractivity contribution in [3.8, 4) is 0 Å². The lowest BCUT2D eigenvalue weighted by Gasteiger charge is -2.32. The van der Waals surface area contributed by atoms with Crippen LogP contribution in [0.15, 0.2) is 60.7 Å². The zero-order valence-corrected chi connectivity index (χ0v) is 24.8. The Hall–Kier alpha value is -3.35. The van der Waals surface area contributed by atoms with Crippen molar-refractivity contribution in [3.63, 3.8) is 0 Å². The molecule has 7 heteroatoms. The molecule has 2 aromatic rings. The fourth-order valence-electron chi connectivity index (χ4n) is 6.14. The fraction of sp³-hybridized carbons (Fsp3) is 0.559. The summed E-state index contributed by atoms with van der Waals surface area (Å²) in [6, 6.07) is 19.0. The number of carbonyl (C=O) groups excluding carboxylic acids is 3. The van der Waals surface area contributed by atoms with Crippen molar-refractivity contribution in [3.05, 3.63) is 71.8 Å². The summed E-state index contributed by atoms with van der Waals surface area (Å²) in [5.41, 5.74) is 0.342. The van der Waals surface area contributed by atoms with Gasteiger partial charge in [-0.15, -0.1) is 0 Å². The van der Waals surface area contributed by atoms with Crippen molar-refractivity contribution in [1.29, 1.82) is 0 Å². The van der Waals surface area contributed by atoms with Crippen molar-refractivity contribution in [2.24, 2.45) is 0 Å². The first-order chi connectivity index (χ1) is 19.6. The van der Waals surface area contributed by atoms with E-state index in [1.165, 1.54) is 0 Å². The van der Waals surface area contributed by atoms with E-state index in [2.05, 4.69) is 17.4 Å². The van der Waals surface area contributed by atoms with E-state index in [-0.39, 0.29) is 18.8 Å².